The highest BCUT2D eigenvalue weighted by atomic mass is 32.2. The molecule has 94 valence electrons. The molecule has 0 saturated carbocycles. The molecule has 0 aliphatic carbocycles. The first-order valence-corrected chi connectivity index (χ1v) is 7.23. The summed E-state index contributed by atoms with van der Waals surface area (Å²) in [5.74, 6) is 0. The molecule has 0 fully saturated rings. The van der Waals surface area contributed by atoms with Gasteiger partial charge in [0.1, 0.15) is 11.9 Å². The molecule has 1 rings (SSSR count). The Bertz CT molecular complexity index is 371. The number of nitrogens with zero attached hydrogens (tertiary/aromatic N) is 3. The Labute approximate surface area is 111 Å². The number of aromatic nitrogens is 2. The first kappa shape index (κ1) is 14.4. The smallest absolute Gasteiger partial charge is 0.170 e. The minimum Gasteiger partial charge on any atom is -0.297 e. The third-order valence-electron chi connectivity index (χ3n) is 2.19. The quantitative estimate of drug-likeness (QED) is 0.805. The summed E-state index contributed by atoms with van der Waals surface area (Å²) in [4.78, 5) is 4.14. The van der Waals surface area contributed by atoms with Crippen molar-refractivity contribution in [3.63, 3.8) is 0 Å². The van der Waals surface area contributed by atoms with Crippen LogP contribution in [-0.2, 0) is 0 Å². The van der Waals surface area contributed by atoms with Crippen molar-refractivity contribution in [3.8, 4) is 6.07 Å². The molecule has 0 saturated heterocycles. The van der Waals surface area contributed by atoms with Crippen molar-refractivity contribution in [1.82, 2.24) is 14.7 Å². The van der Waals surface area contributed by atoms with Gasteiger partial charge in [0, 0.05) is 11.3 Å². The number of hydrogen-bond acceptors (Lipinski definition) is 6. The van der Waals surface area contributed by atoms with E-state index in [2.05, 4.69) is 41.5 Å². The van der Waals surface area contributed by atoms with Crippen LogP contribution in [0.4, 0.5) is 0 Å². The molecular weight excluding hydrogens is 252 g/mol. The summed E-state index contributed by atoms with van der Waals surface area (Å²) in [5.41, 5.74) is -0.481. The third-order valence-corrected chi connectivity index (χ3v) is 4.04. The fourth-order valence-electron chi connectivity index (χ4n) is 1.78. The molecule has 0 radical (unpaired) electrons. The van der Waals surface area contributed by atoms with E-state index in [9.17, 15) is 5.26 Å². The van der Waals surface area contributed by atoms with Crippen LogP contribution in [0, 0.1) is 11.3 Å². The van der Waals surface area contributed by atoms with Crippen LogP contribution in [0.25, 0.3) is 0 Å². The third kappa shape index (κ3) is 5.02. The zero-order valence-electron chi connectivity index (χ0n) is 10.6. The Balaban J connectivity index is 2.53. The summed E-state index contributed by atoms with van der Waals surface area (Å²) >= 11 is 3.07. The molecule has 0 bridgehead atoms. The van der Waals surface area contributed by atoms with E-state index in [0.29, 0.717) is 11.3 Å². The van der Waals surface area contributed by atoms with E-state index in [4.69, 9.17) is 0 Å². The largest absolute Gasteiger partial charge is 0.297 e. The molecule has 2 unspecified atom stereocenters. The highest BCUT2D eigenvalue weighted by Crippen LogP contribution is 2.29. The van der Waals surface area contributed by atoms with Gasteiger partial charge in [-0.15, -0.1) is 0 Å². The molecule has 0 amide bonds. The van der Waals surface area contributed by atoms with Gasteiger partial charge < -0.3 is 0 Å². The maximum absolute atomic E-state index is 9.26. The van der Waals surface area contributed by atoms with Crippen LogP contribution >= 0.6 is 23.3 Å². The molecule has 2 atom stereocenters. The molecule has 1 N–H and O–H groups in total. The zero-order chi connectivity index (χ0) is 12.9. The monoisotopic (exact) mass is 270 g/mol. The van der Waals surface area contributed by atoms with Crippen molar-refractivity contribution in [2.24, 2.45) is 0 Å². The van der Waals surface area contributed by atoms with E-state index in [1.807, 2.05) is 6.92 Å². The van der Waals surface area contributed by atoms with Gasteiger partial charge in [-0.1, -0.05) is 18.7 Å². The molecule has 1 heterocycles. The van der Waals surface area contributed by atoms with Gasteiger partial charge in [0.2, 0.25) is 0 Å². The minimum absolute atomic E-state index is 0.304. The SMILES string of the molecule is CC(C)NC(C)(C#N)CC(C)Sc1ncns1. The van der Waals surface area contributed by atoms with E-state index in [1.165, 1.54) is 11.5 Å². The van der Waals surface area contributed by atoms with Crippen LogP contribution in [0.2, 0.25) is 0 Å². The fourth-order valence-corrected chi connectivity index (χ4v) is 3.72. The molecule has 0 aliphatic heterocycles. The summed E-state index contributed by atoms with van der Waals surface area (Å²) in [5, 5.41) is 12.9. The average molecular weight is 270 g/mol. The summed E-state index contributed by atoms with van der Waals surface area (Å²) < 4.78 is 4.93. The zero-order valence-corrected chi connectivity index (χ0v) is 12.2. The standard InChI is InChI=1S/C11H18N4S2/c1-8(2)15-11(4,6-12)5-9(3)16-10-13-7-14-17-10/h7-9,15H,5H2,1-4H3. The summed E-state index contributed by atoms with van der Waals surface area (Å²) in [6.07, 6.45) is 2.35. The minimum atomic E-state index is -0.481. The summed E-state index contributed by atoms with van der Waals surface area (Å²) in [7, 11) is 0. The Morgan fingerprint density at radius 2 is 2.29 bits per heavy atom. The van der Waals surface area contributed by atoms with Gasteiger partial charge in [0.25, 0.3) is 0 Å². The normalized spacial score (nSPS) is 16.5. The van der Waals surface area contributed by atoms with E-state index < -0.39 is 5.54 Å². The first-order chi connectivity index (χ1) is 7.95. The maximum Gasteiger partial charge on any atom is 0.170 e. The van der Waals surface area contributed by atoms with Crippen molar-refractivity contribution in [1.29, 1.82) is 5.26 Å². The lowest BCUT2D eigenvalue weighted by molar-refractivity contribution is 0.382. The second kappa shape index (κ2) is 6.34. The predicted octanol–water partition coefficient (Wildman–Crippen LogP) is 2.69. The van der Waals surface area contributed by atoms with Gasteiger partial charge in [-0.3, -0.25) is 5.32 Å². The van der Waals surface area contributed by atoms with Crippen molar-refractivity contribution >= 4 is 23.3 Å². The Morgan fingerprint density at radius 3 is 2.76 bits per heavy atom. The predicted molar refractivity (Wildman–Crippen MR) is 72.1 cm³/mol. The Kier molecular flexibility index (Phi) is 5.37. The number of rotatable bonds is 6. The molecule has 0 aromatic carbocycles. The lowest BCUT2D eigenvalue weighted by atomic mass is 9.97. The van der Waals surface area contributed by atoms with Crippen molar-refractivity contribution in [2.45, 2.75) is 55.3 Å². The van der Waals surface area contributed by atoms with Gasteiger partial charge >= 0.3 is 0 Å². The molecule has 6 heteroatoms. The summed E-state index contributed by atoms with van der Waals surface area (Å²) in [6.45, 7) is 8.17. The van der Waals surface area contributed by atoms with Crippen LogP contribution < -0.4 is 5.32 Å². The van der Waals surface area contributed by atoms with Crippen molar-refractivity contribution in [3.05, 3.63) is 6.33 Å². The van der Waals surface area contributed by atoms with Crippen LogP contribution in [0.15, 0.2) is 10.7 Å². The van der Waals surface area contributed by atoms with Gasteiger partial charge in [-0.05, 0) is 38.7 Å². The highest BCUT2D eigenvalue weighted by molar-refractivity contribution is 8.01. The van der Waals surface area contributed by atoms with Crippen LogP contribution in [-0.4, -0.2) is 26.2 Å². The number of nitriles is 1. The number of hydrogen-bond donors (Lipinski definition) is 1. The van der Waals surface area contributed by atoms with E-state index in [0.717, 1.165) is 10.8 Å². The van der Waals surface area contributed by atoms with Gasteiger partial charge in [0.15, 0.2) is 4.34 Å². The van der Waals surface area contributed by atoms with Gasteiger partial charge in [-0.2, -0.15) is 9.64 Å². The van der Waals surface area contributed by atoms with E-state index in [1.54, 1.807) is 18.1 Å². The topological polar surface area (TPSA) is 61.6 Å². The van der Waals surface area contributed by atoms with Crippen LogP contribution in [0.3, 0.4) is 0 Å². The van der Waals surface area contributed by atoms with Crippen molar-refractivity contribution < 1.29 is 0 Å². The lowest BCUT2D eigenvalue weighted by Gasteiger charge is -2.28. The number of thioether (sulfide) groups is 1. The Morgan fingerprint density at radius 1 is 1.59 bits per heavy atom. The number of nitrogens with one attached hydrogen (secondary N) is 1. The molecule has 4 nitrogen and oxygen atoms in total. The van der Waals surface area contributed by atoms with Crippen molar-refractivity contribution in [2.75, 3.05) is 0 Å². The van der Waals surface area contributed by atoms with Crippen LogP contribution in [0.5, 0.6) is 0 Å². The second-order valence-electron chi connectivity index (χ2n) is 4.58. The van der Waals surface area contributed by atoms with E-state index >= 15 is 0 Å². The Hall–Kier alpha value is -0.640. The molecule has 0 aliphatic rings. The average Bonchev–Trinajstić information content (AvgIpc) is 2.68. The maximum atomic E-state index is 9.26. The second-order valence-corrected chi connectivity index (χ2v) is 7.05. The highest BCUT2D eigenvalue weighted by Gasteiger charge is 2.27. The fraction of sp³-hybridized carbons (Fsp3) is 0.727. The van der Waals surface area contributed by atoms with Gasteiger partial charge in [-0.25, -0.2) is 4.98 Å². The molecule has 17 heavy (non-hydrogen) atoms. The molecular formula is C11H18N4S2. The molecule has 1 aromatic rings. The lowest BCUT2D eigenvalue weighted by Crippen LogP contribution is -2.46. The van der Waals surface area contributed by atoms with E-state index in [-0.39, 0.29) is 0 Å². The van der Waals surface area contributed by atoms with Crippen LogP contribution in [0.1, 0.15) is 34.1 Å². The summed E-state index contributed by atoms with van der Waals surface area (Å²) in [6, 6.07) is 2.67. The van der Waals surface area contributed by atoms with Gasteiger partial charge in [0.05, 0.1) is 6.07 Å². The molecule has 1 aromatic heterocycles. The first-order valence-electron chi connectivity index (χ1n) is 5.57. The molecule has 0 spiro atoms.